The molecule has 0 aliphatic heterocycles. The molecule has 0 amide bonds. The quantitative estimate of drug-likeness (QED) is 0.480. The fraction of sp³-hybridized carbons (Fsp3) is 0.619. The van der Waals surface area contributed by atoms with Gasteiger partial charge in [0.1, 0.15) is 0 Å². The third kappa shape index (κ3) is 8.83. The molecule has 0 spiro atoms. The number of carbonyl (C=O) groups excluding carboxylic acids is 3. The van der Waals surface area contributed by atoms with Gasteiger partial charge in [0.2, 0.25) is 0 Å². The number of ether oxygens (including phenoxy) is 1. The fourth-order valence-electron chi connectivity index (χ4n) is 2.61. The van der Waals surface area contributed by atoms with Gasteiger partial charge in [-0.2, -0.15) is 0 Å². The van der Waals surface area contributed by atoms with Crippen LogP contribution in [-0.2, 0) is 19.1 Å². The van der Waals surface area contributed by atoms with Crippen LogP contribution in [0, 0.1) is 11.3 Å². The minimum absolute atomic E-state index is 0.166. The summed E-state index contributed by atoms with van der Waals surface area (Å²) in [5.41, 5.74) is 0.00226. The Bertz CT molecular complexity index is 668. The van der Waals surface area contributed by atoms with Gasteiger partial charge in [-0.25, -0.2) is 4.79 Å². The largest absolute Gasteiger partial charge is 0.481 e. The normalized spacial score (nSPS) is 14.2. The van der Waals surface area contributed by atoms with E-state index in [2.05, 4.69) is 4.74 Å². The maximum absolute atomic E-state index is 12.3. The van der Waals surface area contributed by atoms with Crippen LogP contribution in [0.3, 0.4) is 0 Å². The maximum atomic E-state index is 12.3. The number of hydrogen-bond donors (Lipinski definition) is 1. The number of allylic oxidation sites excluding steroid dienone is 4. The molecule has 6 nitrogen and oxygen atoms in total. The van der Waals surface area contributed by atoms with E-state index in [4.69, 9.17) is 16.7 Å². The molecule has 0 fully saturated rings. The van der Waals surface area contributed by atoms with Crippen LogP contribution in [0.25, 0.3) is 0 Å². The van der Waals surface area contributed by atoms with Crippen molar-refractivity contribution in [2.45, 2.75) is 68.7 Å². The van der Waals surface area contributed by atoms with E-state index in [-0.39, 0.29) is 18.0 Å². The highest BCUT2D eigenvalue weighted by atomic mass is 35.5. The third-order valence-electron chi connectivity index (χ3n) is 3.99. The lowest BCUT2D eigenvalue weighted by atomic mass is 9.71. The van der Waals surface area contributed by atoms with Crippen LogP contribution < -0.4 is 0 Å². The lowest BCUT2D eigenvalue weighted by Gasteiger charge is -2.30. The van der Waals surface area contributed by atoms with Gasteiger partial charge in [0.05, 0.1) is 13.0 Å². The summed E-state index contributed by atoms with van der Waals surface area (Å²) < 4.78 is 4.43. The van der Waals surface area contributed by atoms with Gasteiger partial charge in [-0.05, 0) is 26.7 Å². The molecule has 0 aromatic rings. The highest BCUT2D eigenvalue weighted by Crippen LogP contribution is 2.38. The summed E-state index contributed by atoms with van der Waals surface area (Å²) in [6.07, 6.45) is -0.176. The summed E-state index contributed by atoms with van der Waals surface area (Å²) in [5, 5.41) is 8.91. The minimum atomic E-state index is -0.982. The zero-order valence-electron chi connectivity index (χ0n) is 18.4. The van der Waals surface area contributed by atoms with E-state index in [1.54, 1.807) is 34.6 Å². The number of halogens is 1. The van der Waals surface area contributed by atoms with Gasteiger partial charge in [0, 0.05) is 39.3 Å². The summed E-state index contributed by atoms with van der Waals surface area (Å²) in [4.78, 5) is 45.0. The van der Waals surface area contributed by atoms with Crippen molar-refractivity contribution in [2.75, 3.05) is 6.61 Å². The van der Waals surface area contributed by atoms with Crippen LogP contribution in [0.4, 0.5) is 4.79 Å². The molecule has 1 aliphatic carbocycles. The number of aliphatic carboxylic acids is 1. The molecule has 0 bridgehead atoms. The van der Waals surface area contributed by atoms with Crippen molar-refractivity contribution in [1.82, 2.24) is 0 Å². The first kappa shape index (κ1) is 28.3. The average Bonchev–Trinajstić information content (AvgIpc) is 2.57. The summed E-state index contributed by atoms with van der Waals surface area (Å²) in [6.45, 7) is 16.5. The minimum Gasteiger partial charge on any atom is -0.481 e. The molecule has 7 heteroatoms. The van der Waals surface area contributed by atoms with Gasteiger partial charge >= 0.3 is 11.4 Å². The predicted octanol–water partition coefficient (Wildman–Crippen LogP) is 5.34. The van der Waals surface area contributed by atoms with Crippen LogP contribution >= 0.6 is 11.6 Å². The zero-order chi connectivity index (χ0) is 22.8. The summed E-state index contributed by atoms with van der Waals surface area (Å²) in [7, 11) is 0. The molecule has 0 radical (unpaired) electrons. The summed E-state index contributed by atoms with van der Waals surface area (Å²) in [6, 6.07) is 0. The van der Waals surface area contributed by atoms with E-state index in [1.807, 2.05) is 27.7 Å². The fourth-order valence-corrected chi connectivity index (χ4v) is 2.67. The molecule has 160 valence electrons. The second-order valence-electron chi connectivity index (χ2n) is 7.31. The second-order valence-corrected chi connectivity index (χ2v) is 7.61. The molecule has 0 saturated carbocycles. The van der Waals surface area contributed by atoms with Gasteiger partial charge in [-0.1, -0.05) is 41.5 Å². The Morgan fingerprint density at radius 3 is 1.75 bits per heavy atom. The van der Waals surface area contributed by atoms with Crippen molar-refractivity contribution >= 4 is 34.6 Å². The lowest BCUT2D eigenvalue weighted by molar-refractivity contribution is -0.138. The second kappa shape index (κ2) is 12.5. The molecule has 0 atom stereocenters. The molecular formula is C21H33ClO6. The van der Waals surface area contributed by atoms with Gasteiger partial charge in [0.25, 0.3) is 0 Å². The molecule has 1 N–H and O–H groups in total. The molecule has 0 aromatic heterocycles. The Hall–Kier alpha value is -1.95. The van der Waals surface area contributed by atoms with E-state index in [1.165, 1.54) is 0 Å². The number of ketones is 2. The SMILES string of the molecule is CC.CC(C)COC(=O)Cl.CC1=C(C)C(=O)C(C(C)(C)CC(=O)O)=C(C)C1=O. The van der Waals surface area contributed by atoms with E-state index in [0.717, 1.165) is 0 Å². The van der Waals surface area contributed by atoms with E-state index in [0.29, 0.717) is 34.8 Å². The maximum Gasteiger partial charge on any atom is 0.403 e. The highest BCUT2D eigenvalue weighted by molar-refractivity contribution is 6.61. The molecule has 0 saturated heterocycles. The van der Waals surface area contributed by atoms with Crippen LogP contribution in [0.2, 0.25) is 0 Å². The Morgan fingerprint density at radius 2 is 1.43 bits per heavy atom. The topological polar surface area (TPSA) is 97.7 Å². The number of Topliss-reactive ketones (excluding diaryl/α,β-unsaturated/α-hetero) is 2. The van der Waals surface area contributed by atoms with Gasteiger partial charge in [-0.15, -0.1) is 0 Å². The van der Waals surface area contributed by atoms with Gasteiger partial charge < -0.3 is 9.84 Å². The Kier molecular flexibility index (Phi) is 12.6. The zero-order valence-corrected chi connectivity index (χ0v) is 19.1. The van der Waals surface area contributed by atoms with Crippen LogP contribution in [0.5, 0.6) is 0 Å². The molecular weight excluding hydrogens is 384 g/mol. The number of carboxylic acid groups (broad SMARTS) is 1. The number of rotatable bonds is 5. The average molecular weight is 417 g/mol. The van der Waals surface area contributed by atoms with E-state index < -0.39 is 16.8 Å². The molecule has 0 heterocycles. The smallest absolute Gasteiger partial charge is 0.403 e. The molecule has 1 aliphatic rings. The number of carbonyl (C=O) groups is 4. The first-order valence-corrected chi connectivity index (χ1v) is 9.62. The summed E-state index contributed by atoms with van der Waals surface area (Å²) in [5.74, 6) is -1.00. The van der Waals surface area contributed by atoms with Crippen molar-refractivity contribution in [1.29, 1.82) is 0 Å². The molecule has 0 aromatic carbocycles. The first-order chi connectivity index (χ1) is 12.7. The molecule has 28 heavy (non-hydrogen) atoms. The number of hydrogen-bond acceptors (Lipinski definition) is 5. The van der Waals surface area contributed by atoms with E-state index >= 15 is 0 Å². The Labute approximate surface area is 173 Å². The van der Waals surface area contributed by atoms with Gasteiger partial charge in [-0.3, -0.25) is 14.4 Å². The number of carboxylic acids is 1. The van der Waals surface area contributed by atoms with Crippen LogP contribution in [-0.4, -0.2) is 34.7 Å². The van der Waals surface area contributed by atoms with Gasteiger partial charge in [0.15, 0.2) is 11.6 Å². The van der Waals surface area contributed by atoms with E-state index in [9.17, 15) is 19.2 Å². The first-order valence-electron chi connectivity index (χ1n) is 9.24. The van der Waals surface area contributed by atoms with Crippen molar-refractivity contribution in [3.63, 3.8) is 0 Å². The van der Waals surface area contributed by atoms with Crippen molar-refractivity contribution < 1.29 is 29.0 Å². The Balaban J connectivity index is 0. The molecule has 1 rings (SSSR count). The van der Waals surface area contributed by atoms with Crippen LogP contribution in [0.1, 0.15) is 68.7 Å². The lowest BCUT2D eigenvalue weighted by Crippen LogP contribution is -2.31. The van der Waals surface area contributed by atoms with Crippen molar-refractivity contribution in [3.8, 4) is 0 Å². The van der Waals surface area contributed by atoms with Crippen molar-refractivity contribution in [3.05, 3.63) is 22.3 Å². The Morgan fingerprint density at radius 1 is 1.00 bits per heavy atom. The molecule has 0 unspecified atom stereocenters. The predicted molar refractivity (Wildman–Crippen MR) is 111 cm³/mol. The standard InChI is InChI=1S/C14H18O4.C5H9ClO2.C2H6/c1-7-8(2)13(18)11(9(3)12(7)17)14(4,5)6-10(15)16;1-4(2)3-8-5(6)7;1-2/h6H2,1-5H3,(H,15,16);4H,3H2,1-2H3;1-2H3. The monoisotopic (exact) mass is 416 g/mol. The third-order valence-corrected chi connectivity index (χ3v) is 4.10. The van der Waals surface area contributed by atoms with Crippen LogP contribution in [0.15, 0.2) is 22.3 Å². The van der Waals surface area contributed by atoms with Crippen molar-refractivity contribution in [2.24, 2.45) is 11.3 Å². The summed E-state index contributed by atoms with van der Waals surface area (Å²) >= 11 is 4.86. The highest BCUT2D eigenvalue weighted by Gasteiger charge is 2.38.